The molecule has 2 aromatic rings. The van der Waals surface area contributed by atoms with Crippen molar-refractivity contribution < 1.29 is 4.79 Å². The molecule has 0 saturated carbocycles. The Morgan fingerprint density at radius 3 is 2.61 bits per heavy atom. The third kappa shape index (κ3) is 3.31. The average molecular weight is 424 g/mol. The van der Waals surface area contributed by atoms with Crippen LogP contribution in [0.5, 0.6) is 0 Å². The SMILES string of the molecule is CN1CCc2nc3ccnn3c(N3CC(C(=O)NC4CC5CCC(C4)N5C)C3)c2CC1. The van der Waals surface area contributed by atoms with Crippen molar-refractivity contribution in [3.05, 3.63) is 23.5 Å². The molecule has 0 radical (unpaired) electrons. The van der Waals surface area contributed by atoms with Gasteiger partial charge in [-0.25, -0.2) is 4.98 Å². The van der Waals surface area contributed by atoms with Gasteiger partial charge in [-0.2, -0.15) is 9.61 Å². The minimum atomic E-state index is 0.0696. The fourth-order valence-electron chi connectivity index (χ4n) is 6.17. The van der Waals surface area contributed by atoms with Gasteiger partial charge < -0.3 is 20.0 Å². The summed E-state index contributed by atoms with van der Waals surface area (Å²) in [6.45, 7) is 3.61. The zero-order chi connectivity index (χ0) is 21.1. The molecule has 0 aliphatic carbocycles. The fourth-order valence-corrected chi connectivity index (χ4v) is 6.17. The zero-order valence-electron chi connectivity index (χ0n) is 18.6. The number of likely N-dealkylation sites (N-methyl/N-ethyl adjacent to an activating group) is 1. The van der Waals surface area contributed by atoms with Crippen LogP contribution in [-0.2, 0) is 17.6 Å². The van der Waals surface area contributed by atoms with Crippen LogP contribution in [0.15, 0.2) is 12.3 Å². The quantitative estimate of drug-likeness (QED) is 0.793. The van der Waals surface area contributed by atoms with Crippen LogP contribution in [0.3, 0.4) is 0 Å². The van der Waals surface area contributed by atoms with Gasteiger partial charge in [-0.3, -0.25) is 4.79 Å². The number of amides is 1. The van der Waals surface area contributed by atoms with Gasteiger partial charge >= 0.3 is 0 Å². The number of hydrogen-bond acceptors (Lipinski definition) is 6. The molecule has 2 unspecified atom stereocenters. The van der Waals surface area contributed by atoms with Crippen molar-refractivity contribution in [2.45, 2.75) is 56.7 Å². The minimum absolute atomic E-state index is 0.0696. The Bertz CT molecular complexity index is 983. The molecule has 8 nitrogen and oxygen atoms in total. The number of nitrogens with one attached hydrogen (secondary N) is 1. The Balaban J connectivity index is 1.17. The first-order chi connectivity index (χ1) is 15.1. The van der Waals surface area contributed by atoms with E-state index in [9.17, 15) is 4.79 Å². The fraction of sp³-hybridized carbons (Fsp3) is 0.696. The summed E-state index contributed by atoms with van der Waals surface area (Å²) in [6.07, 6.45) is 8.56. The van der Waals surface area contributed by atoms with Crippen molar-refractivity contribution in [2.24, 2.45) is 5.92 Å². The highest BCUT2D eigenvalue weighted by atomic mass is 16.2. The number of rotatable bonds is 3. The predicted molar refractivity (Wildman–Crippen MR) is 119 cm³/mol. The first-order valence-electron chi connectivity index (χ1n) is 11.9. The van der Waals surface area contributed by atoms with Crippen LogP contribution in [0.1, 0.15) is 36.9 Å². The summed E-state index contributed by atoms with van der Waals surface area (Å²) >= 11 is 0. The predicted octanol–water partition coefficient (Wildman–Crippen LogP) is 0.937. The summed E-state index contributed by atoms with van der Waals surface area (Å²) in [5, 5.41) is 7.96. The van der Waals surface area contributed by atoms with Crippen molar-refractivity contribution in [3.63, 3.8) is 0 Å². The Hall–Kier alpha value is -2.19. The molecule has 1 amide bonds. The van der Waals surface area contributed by atoms with E-state index in [0.717, 1.165) is 63.3 Å². The monoisotopic (exact) mass is 423 g/mol. The maximum absolute atomic E-state index is 13.0. The summed E-state index contributed by atoms with van der Waals surface area (Å²) < 4.78 is 1.98. The zero-order valence-corrected chi connectivity index (χ0v) is 18.6. The minimum Gasteiger partial charge on any atom is -0.354 e. The Morgan fingerprint density at radius 1 is 1.10 bits per heavy atom. The summed E-state index contributed by atoms with van der Waals surface area (Å²) in [6, 6.07) is 3.64. The molecule has 8 heteroatoms. The lowest BCUT2D eigenvalue weighted by atomic mass is 9.94. The molecule has 4 aliphatic heterocycles. The molecule has 1 N–H and O–H groups in total. The summed E-state index contributed by atoms with van der Waals surface area (Å²) in [4.78, 5) is 25.1. The lowest BCUT2D eigenvalue weighted by Gasteiger charge is -2.42. The van der Waals surface area contributed by atoms with E-state index in [4.69, 9.17) is 4.98 Å². The van der Waals surface area contributed by atoms with Gasteiger partial charge in [0.25, 0.3) is 0 Å². The molecule has 31 heavy (non-hydrogen) atoms. The molecule has 0 spiro atoms. The molecule has 2 bridgehead atoms. The lowest BCUT2D eigenvalue weighted by Crippen LogP contribution is -2.57. The number of piperidine rings is 1. The first-order valence-corrected chi connectivity index (χ1v) is 11.9. The molecule has 4 aliphatic rings. The summed E-state index contributed by atoms with van der Waals surface area (Å²) in [7, 11) is 4.42. The van der Waals surface area contributed by atoms with Crippen molar-refractivity contribution >= 4 is 17.4 Å². The maximum Gasteiger partial charge on any atom is 0.226 e. The largest absolute Gasteiger partial charge is 0.354 e. The highest BCUT2D eigenvalue weighted by molar-refractivity contribution is 5.82. The highest BCUT2D eigenvalue weighted by Gasteiger charge is 2.41. The van der Waals surface area contributed by atoms with E-state index in [1.54, 1.807) is 0 Å². The number of carbonyl (C=O) groups excluding carboxylic acids is 1. The third-order valence-corrected chi connectivity index (χ3v) is 8.16. The first kappa shape index (κ1) is 19.5. The normalized spacial score (nSPS) is 29.6. The van der Waals surface area contributed by atoms with E-state index in [2.05, 4.69) is 39.2 Å². The van der Waals surface area contributed by atoms with Crippen molar-refractivity contribution in [2.75, 3.05) is 45.2 Å². The molecular formula is C23H33N7O. The molecule has 2 atom stereocenters. The molecule has 3 fully saturated rings. The van der Waals surface area contributed by atoms with E-state index in [0.29, 0.717) is 18.1 Å². The molecule has 0 aromatic carbocycles. The third-order valence-electron chi connectivity index (χ3n) is 8.16. The average Bonchev–Trinajstić information content (AvgIpc) is 3.17. The van der Waals surface area contributed by atoms with Gasteiger partial charge in [0.2, 0.25) is 5.91 Å². The second-order valence-electron chi connectivity index (χ2n) is 10.1. The van der Waals surface area contributed by atoms with Gasteiger partial charge in [0.05, 0.1) is 17.8 Å². The topological polar surface area (TPSA) is 69.0 Å². The van der Waals surface area contributed by atoms with Crippen LogP contribution in [0, 0.1) is 5.92 Å². The molecule has 3 saturated heterocycles. The number of fused-ring (bicyclic) bond motifs is 4. The van der Waals surface area contributed by atoms with Crippen molar-refractivity contribution in [3.8, 4) is 0 Å². The Morgan fingerprint density at radius 2 is 1.84 bits per heavy atom. The molecule has 6 rings (SSSR count). The van der Waals surface area contributed by atoms with Crippen LogP contribution in [-0.4, -0.2) is 88.7 Å². The second kappa shape index (κ2) is 7.45. The van der Waals surface area contributed by atoms with Crippen molar-refractivity contribution in [1.29, 1.82) is 0 Å². The van der Waals surface area contributed by atoms with Crippen LogP contribution in [0.2, 0.25) is 0 Å². The van der Waals surface area contributed by atoms with Gasteiger partial charge in [0.1, 0.15) is 5.82 Å². The van der Waals surface area contributed by atoms with Crippen molar-refractivity contribution in [1.82, 2.24) is 29.7 Å². The van der Waals surface area contributed by atoms with E-state index in [-0.39, 0.29) is 11.8 Å². The van der Waals surface area contributed by atoms with Gasteiger partial charge in [-0.05, 0) is 46.2 Å². The summed E-state index contributed by atoms with van der Waals surface area (Å²) in [5.41, 5.74) is 3.42. The van der Waals surface area contributed by atoms with E-state index >= 15 is 0 Å². The van der Waals surface area contributed by atoms with E-state index in [1.165, 1.54) is 24.1 Å². The van der Waals surface area contributed by atoms with E-state index < -0.39 is 0 Å². The number of hydrogen-bond donors (Lipinski definition) is 1. The number of carbonyl (C=O) groups is 1. The lowest BCUT2D eigenvalue weighted by molar-refractivity contribution is -0.126. The van der Waals surface area contributed by atoms with Crippen LogP contribution in [0.25, 0.3) is 5.65 Å². The van der Waals surface area contributed by atoms with Crippen LogP contribution >= 0.6 is 0 Å². The Kier molecular flexibility index (Phi) is 4.68. The highest BCUT2D eigenvalue weighted by Crippen LogP contribution is 2.35. The van der Waals surface area contributed by atoms with Gasteiger partial charge in [0.15, 0.2) is 5.65 Å². The molecular weight excluding hydrogens is 390 g/mol. The Labute approximate surface area is 183 Å². The number of aromatic nitrogens is 3. The standard InChI is InChI=1S/C23H33N7O/c1-27-9-6-19-20(7-10-27)26-21-5-8-24-30(21)23(19)29-13-15(14-29)22(31)25-16-11-17-3-4-18(12-16)28(17)2/h5,8,15-18H,3-4,6-7,9-14H2,1-2H3,(H,25,31). The van der Waals surface area contributed by atoms with E-state index in [1.807, 2.05) is 16.8 Å². The number of nitrogens with zero attached hydrogens (tertiary/aromatic N) is 6. The maximum atomic E-state index is 13.0. The van der Waals surface area contributed by atoms with Gasteiger partial charge in [0, 0.05) is 62.4 Å². The second-order valence-corrected chi connectivity index (χ2v) is 10.1. The number of anilines is 1. The summed E-state index contributed by atoms with van der Waals surface area (Å²) in [5.74, 6) is 1.46. The molecule has 6 heterocycles. The van der Waals surface area contributed by atoms with Gasteiger partial charge in [-0.1, -0.05) is 0 Å². The molecule has 2 aromatic heterocycles. The van der Waals surface area contributed by atoms with Gasteiger partial charge in [-0.15, -0.1) is 0 Å². The van der Waals surface area contributed by atoms with Crippen LogP contribution in [0.4, 0.5) is 5.82 Å². The molecule has 166 valence electrons. The van der Waals surface area contributed by atoms with Crippen LogP contribution < -0.4 is 10.2 Å². The smallest absolute Gasteiger partial charge is 0.226 e.